The molecule has 1 amide bonds. The average molecular weight is 1010 g/mol. The van der Waals surface area contributed by atoms with Gasteiger partial charge in [0, 0.05) is 12.8 Å². The molecule has 3 N–H and O–H groups in total. The van der Waals surface area contributed by atoms with Crippen LogP contribution in [0.25, 0.3) is 0 Å². The van der Waals surface area contributed by atoms with Crippen LogP contribution in [0.5, 0.6) is 0 Å². The van der Waals surface area contributed by atoms with E-state index in [1.165, 1.54) is 276 Å². The molecule has 0 aliphatic carbocycles. The zero-order chi connectivity index (χ0) is 52.2. The lowest BCUT2D eigenvalue weighted by Gasteiger charge is -2.20. The van der Waals surface area contributed by atoms with Gasteiger partial charge in [-0.05, 0) is 77.0 Å². The number of allylic oxidation sites excluding steroid dienone is 5. The van der Waals surface area contributed by atoms with Crippen molar-refractivity contribution in [2.24, 2.45) is 0 Å². The van der Waals surface area contributed by atoms with Crippen molar-refractivity contribution in [3.8, 4) is 0 Å². The molecule has 0 saturated heterocycles. The first-order valence-corrected chi connectivity index (χ1v) is 32.3. The Morgan fingerprint density at radius 1 is 0.375 bits per heavy atom. The number of aliphatic hydroxyl groups excluding tert-OH is 2. The van der Waals surface area contributed by atoms with Crippen LogP contribution in [-0.4, -0.2) is 47.4 Å². The molecule has 0 fully saturated rings. The van der Waals surface area contributed by atoms with Gasteiger partial charge in [-0.2, -0.15) is 0 Å². The predicted octanol–water partition coefficient (Wildman–Crippen LogP) is 20.4. The van der Waals surface area contributed by atoms with Gasteiger partial charge in [-0.25, -0.2) is 0 Å². The van der Waals surface area contributed by atoms with Gasteiger partial charge in [-0.15, -0.1) is 0 Å². The third kappa shape index (κ3) is 57.4. The topological polar surface area (TPSA) is 95.9 Å². The van der Waals surface area contributed by atoms with Gasteiger partial charge in [0.1, 0.15) is 0 Å². The van der Waals surface area contributed by atoms with Crippen molar-refractivity contribution in [2.45, 2.75) is 360 Å². The minimum absolute atomic E-state index is 0.00615. The summed E-state index contributed by atoms with van der Waals surface area (Å²) in [7, 11) is 0. The highest BCUT2D eigenvalue weighted by molar-refractivity contribution is 5.76. The molecule has 0 aromatic heterocycles. The summed E-state index contributed by atoms with van der Waals surface area (Å²) < 4.78 is 5.46. The maximum Gasteiger partial charge on any atom is 0.305 e. The highest BCUT2D eigenvalue weighted by Crippen LogP contribution is 2.17. The van der Waals surface area contributed by atoms with Crippen LogP contribution in [0.3, 0.4) is 0 Å². The molecule has 0 aromatic rings. The molecule has 0 rings (SSSR count). The predicted molar refractivity (Wildman–Crippen MR) is 315 cm³/mol. The standard InChI is InChI=1S/C66H125NO5/c1-3-5-7-9-11-13-15-35-39-42-46-50-54-58-64(69)63(62-68)67-65(70)59-55-51-47-43-40-36-33-31-29-27-25-23-21-19-17-16-18-20-22-24-26-28-30-32-34-37-41-45-49-53-57-61-72-66(71)60-56-52-48-44-38-14-12-10-8-6-4-2/h10,12,18,20,54,58,63-64,68-69H,3-9,11,13-17,19,21-53,55-57,59-62H2,1-2H3,(H,67,70)/b12-10-,20-18-,58-54+. The quantitative estimate of drug-likeness (QED) is 0.0320. The van der Waals surface area contributed by atoms with Crippen molar-refractivity contribution < 1.29 is 24.5 Å². The second-order valence-corrected chi connectivity index (χ2v) is 22.1. The third-order valence-electron chi connectivity index (χ3n) is 14.9. The van der Waals surface area contributed by atoms with E-state index in [1.54, 1.807) is 6.08 Å². The fourth-order valence-electron chi connectivity index (χ4n) is 9.91. The Hall–Kier alpha value is -1.92. The van der Waals surface area contributed by atoms with Crippen LogP contribution in [-0.2, 0) is 14.3 Å². The van der Waals surface area contributed by atoms with Gasteiger partial charge in [0.05, 0.1) is 25.4 Å². The van der Waals surface area contributed by atoms with Crippen LogP contribution in [0.4, 0.5) is 0 Å². The number of rotatable bonds is 60. The van der Waals surface area contributed by atoms with E-state index in [2.05, 4.69) is 43.5 Å². The number of carbonyl (C=O) groups excluding carboxylic acids is 2. The van der Waals surface area contributed by atoms with Crippen LogP contribution in [0.15, 0.2) is 36.5 Å². The summed E-state index contributed by atoms with van der Waals surface area (Å²) >= 11 is 0. The number of esters is 1. The van der Waals surface area contributed by atoms with Gasteiger partial charge in [-0.1, -0.05) is 294 Å². The zero-order valence-electron chi connectivity index (χ0n) is 48.4. The van der Waals surface area contributed by atoms with E-state index in [0.29, 0.717) is 19.4 Å². The first-order valence-electron chi connectivity index (χ1n) is 32.3. The Morgan fingerprint density at radius 3 is 1.03 bits per heavy atom. The van der Waals surface area contributed by atoms with Crippen LogP contribution in [0, 0.1) is 0 Å². The lowest BCUT2D eigenvalue weighted by Crippen LogP contribution is -2.45. The molecule has 0 bridgehead atoms. The second kappa shape index (κ2) is 61.6. The van der Waals surface area contributed by atoms with Crippen LogP contribution in [0.1, 0.15) is 348 Å². The van der Waals surface area contributed by atoms with Crippen molar-refractivity contribution >= 4 is 11.9 Å². The van der Waals surface area contributed by atoms with Gasteiger partial charge >= 0.3 is 5.97 Å². The number of carbonyl (C=O) groups is 2. The molecule has 6 heteroatoms. The Bertz CT molecular complexity index is 1170. The van der Waals surface area contributed by atoms with Crippen LogP contribution >= 0.6 is 0 Å². The van der Waals surface area contributed by atoms with Crippen LogP contribution in [0.2, 0.25) is 0 Å². The number of amides is 1. The van der Waals surface area contributed by atoms with E-state index in [4.69, 9.17) is 4.74 Å². The molecule has 2 unspecified atom stereocenters. The third-order valence-corrected chi connectivity index (χ3v) is 14.9. The van der Waals surface area contributed by atoms with E-state index in [-0.39, 0.29) is 18.5 Å². The highest BCUT2D eigenvalue weighted by atomic mass is 16.5. The molecule has 2 atom stereocenters. The first-order chi connectivity index (χ1) is 35.5. The van der Waals surface area contributed by atoms with Crippen LogP contribution < -0.4 is 5.32 Å². The number of ether oxygens (including phenoxy) is 1. The smallest absolute Gasteiger partial charge is 0.305 e. The lowest BCUT2D eigenvalue weighted by atomic mass is 10.0. The number of unbranched alkanes of at least 4 members (excludes halogenated alkanes) is 45. The van der Waals surface area contributed by atoms with Gasteiger partial charge in [0.15, 0.2) is 0 Å². The largest absolute Gasteiger partial charge is 0.466 e. The summed E-state index contributed by atoms with van der Waals surface area (Å²) in [5.74, 6) is -0.0590. The Balaban J connectivity index is 3.37. The maximum absolute atomic E-state index is 12.5. The van der Waals surface area contributed by atoms with Crippen molar-refractivity contribution in [2.75, 3.05) is 13.2 Å². The van der Waals surface area contributed by atoms with E-state index < -0.39 is 12.1 Å². The highest BCUT2D eigenvalue weighted by Gasteiger charge is 2.18. The Labute approximate surface area is 449 Å². The van der Waals surface area contributed by atoms with E-state index >= 15 is 0 Å². The molecular weight excluding hydrogens is 887 g/mol. The number of nitrogens with one attached hydrogen (secondary N) is 1. The fourth-order valence-corrected chi connectivity index (χ4v) is 9.91. The molecule has 0 aromatic carbocycles. The summed E-state index contributed by atoms with van der Waals surface area (Å²) in [4.78, 5) is 24.4. The van der Waals surface area contributed by atoms with Crippen molar-refractivity contribution in [3.63, 3.8) is 0 Å². The second-order valence-electron chi connectivity index (χ2n) is 22.1. The number of hydrogen-bond donors (Lipinski definition) is 3. The summed E-state index contributed by atoms with van der Waals surface area (Å²) in [6.07, 6.45) is 77.8. The summed E-state index contributed by atoms with van der Waals surface area (Å²) in [6, 6.07) is -0.625. The normalized spacial score (nSPS) is 12.8. The molecule has 6 nitrogen and oxygen atoms in total. The molecule has 0 spiro atoms. The Kier molecular flexibility index (Phi) is 60.0. The summed E-state index contributed by atoms with van der Waals surface area (Å²) in [5, 5.41) is 23.1. The minimum Gasteiger partial charge on any atom is -0.466 e. The zero-order valence-corrected chi connectivity index (χ0v) is 48.4. The molecular formula is C66H125NO5. The van der Waals surface area contributed by atoms with Crippen molar-refractivity contribution in [1.82, 2.24) is 5.32 Å². The maximum atomic E-state index is 12.5. The fraction of sp³-hybridized carbons (Fsp3) is 0.879. The molecule has 424 valence electrons. The lowest BCUT2D eigenvalue weighted by molar-refractivity contribution is -0.143. The van der Waals surface area contributed by atoms with Gasteiger partial charge in [0.2, 0.25) is 5.91 Å². The summed E-state index contributed by atoms with van der Waals surface area (Å²) in [5.41, 5.74) is 0. The molecule has 0 heterocycles. The number of aliphatic hydroxyl groups is 2. The van der Waals surface area contributed by atoms with Crippen molar-refractivity contribution in [3.05, 3.63) is 36.5 Å². The van der Waals surface area contributed by atoms with Gasteiger partial charge in [-0.3, -0.25) is 9.59 Å². The average Bonchev–Trinajstić information content (AvgIpc) is 3.38. The Morgan fingerprint density at radius 2 is 0.667 bits per heavy atom. The van der Waals surface area contributed by atoms with Gasteiger partial charge in [0.25, 0.3) is 0 Å². The minimum atomic E-state index is -0.842. The molecule has 0 radical (unpaired) electrons. The molecule has 0 aliphatic heterocycles. The van der Waals surface area contributed by atoms with E-state index in [1.807, 2.05) is 6.08 Å². The summed E-state index contributed by atoms with van der Waals surface area (Å²) in [6.45, 7) is 4.88. The molecule has 72 heavy (non-hydrogen) atoms. The van der Waals surface area contributed by atoms with Crippen molar-refractivity contribution in [1.29, 1.82) is 0 Å². The SMILES string of the molecule is CCCC/C=C\CCCCCCCC(=O)OCCCCCCCCCCCCCC/C=C\CCCCCCCCCCCCCCCCCC(=O)NC(CO)C(O)/C=C/CCCCCCCCCCCCC. The monoisotopic (exact) mass is 1010 g/mol. The first kappa shape index (κ1) is 70.1. The molecule has 0 aliphatic rings. The van der Waals surface area contributed by atoms with Gasteiger partial charge < -0.3 is 20.3 Å². The number of hydrogen-bond acceptors (Lipinski definition) is 5. The van der Waals surface area contributed by atoms with E-state index in [0.717, 1.165) is 44.9 Å². The molecule has 0 saturated carbocycles. The van der Waals surface area contributed by atoms with E-state index in [9.17, 15) is 19.8 Å².